The Balaban J connectivity index is 1.72. The second-order valence-electron chi connectivity index (χ2n) is 8.27. The van der Waals surface area contributed by atoms with Gasteiger partial charge in [0, 0.05) is 43.4 Å². The molecular weight excluding hydrogens is 436 g/mol. The number of methoxy groups -OCH3 is 2. The average molecular weight is 467 g/mol. The largest absolute Gasteiger partial charge is 0.507 e. The molecule has 2 fully saturated rings. The fraction of sp³-hybridized carbons (Fsp3) is 0.385. The van der Waals surface area contributed by atoms with Crippen LogP contribution in [-0.4, -0.2) is 80.2 Å². The summed E-state index contributed by atoms with van der Waals surface area (Å²) in [5.41, 5.74) is 1.16. The second kappa shape index (κ2) is 10.7. The highest BCUT2D eigenvalue weighted by atomic mass is 16.5. The number of Topliss-reactive ketones (excluding diaryl/α,β-unsaturated/α-hetero) is 1. The number of carbonyl (C=O) groups excluding carboxylic acids is 2. The predicted molar refractivity (Wildman–Crippen MR) is 127 cm³/mol. The van der Waals surface area contributed by atoms with Gasteiger partial charge in [-0.2, -0.15) is 0 Å². The Labute approximate surface area is 199 Å². The van der Waals surface area contributed by atoms with E-state index in [4.69, 9.17) is 14.2 Å². The van der Waals surface area contributed by atoms with E-state index in [9.17, 15) is 14.7 Å². The summed E-state index contributed by atoms with van der Waals surface area (Å²) in [6.45, 7) is 4.26. The van der Waals surface area contributed by atoms with Crippen LogP contribution >= 0.6 is 0 Å². The highest BCUT2D eigenvalue weighted by Gasteiger charge is 2.46. The van der Waals surface area contributed by atoms with Gasteiger partial charge in [0.2, 0.25) is 0 Å². The van der Waals surface area contributed by atoms with Crippen LogP contribution in [0.3, 0.4) is 0 Å². The van der Waals surface area contributed by atoms with Crippen molar-refractivity contribution in [1.29, 1.82) is 0 Å². The van der Waals surface area contributed by atoms with Gasteiger partial charge in [0.15, 0.2) is 0 Å². The van der Waals surface area contributed by atoms with Gasteiger partial charge in [0.05, 0.1) is 39.0 Å². The normalized spacial score (nSPS) is 20.5. The lowest BCUT2D eigenvalue weighted by Gasteiger charge is -2.29. The van der Waals surface area contributed by atoms with Gasteiger partial charge in [0.1, 0.15) is 17.3 Å². The van der Waals surface area contributed by atoms with Crippen LogP contribution < -0.4 is 9.47 Å². The van der Waals surface area contributed by atoms with Gasteiger partial charge in [-0.1, -0.05) is 30.3 Å². The maximum Gasteiger partial charge on any atom is 0.295 e. The molecule has 8 heteroatoms. The standard InChI is InChI=1S/C26H30N2O6/c1-32-19-9-10-20(21(17-19)33-2)23-22(24(29)18-7-4-3-5-8-18)25(30)26(31)28(23)12-6-11-27-13-15-34-16-14-27/h3-5,7-10,17,23,29H,6,11-16H2,1-2H3/t23-/m1/s1. The van der Waals surface area contributed by atoms with Crippen molar-refractivity contribution in [2.75, 3.05) is 53.6 Å². The van der Waals surface area contributed by atoms with Gasteiger partial charge >= 0.3 is 0 Å². The molecular formula is C26H30N2O6. The van der Waals surface area contributed by atoms with Gasteiger partial charge in [0.25, 0.3) is 11.7 Å². The molecule has 2 aromatic carbocycles. The van der Waals surface area contributed by atoms with Crippen molar-refractivity contribution in [3.8, 4) is 11.5 Å². The molecule has 8 nitrogen and oxygen atoms in total. The molecule has 4 rings (SSSR count). The number of benzene rings is 2. The van der Waals surface area contributed by atoms with E-state index >= 15 is 0 Å². The zero-order valence-electron chi connectivity index (χ0n) is 19.5. The Morgan fingerprint density at radius 3 is 2.44 bits per heavy atom. The molecule has 0 saturated carbocycles. The quantitative estimate of drug-likeness (QED) is 0.364. The summed E-state index contributed by atoms with van der Waals surface area (Å²) in [6, 6.07) is 13.3. The third-order valence-electron chi connectivity index (χ3n) is 6.30. The minimum absolute atomic E-state index is 0.0611. The molecule has 0 radical (unpaired) electrons. The first-order valence-corrected chi connectivity index (χ1v) is 11.4. The van der Waals surface area contributed by atoms with Crippen LogP contribution in [0.4, 0.5) is 0 Å². The summed E-state index contributed by atoms with van der Waals surface area (Å²) in [7, 11) is 3.08. The van der Waals surface area contributed by atoms with Gasteiger partial charge in [-0.15, -0.1) is 0 Å². The number of likely N-dealkylation sites (tertiary alicyclic amines) is 1. The van der Waals surface area contributed by atoms with Crippen LogP contribution in [0.15, 0.2) is 54.1 Å². The summed E-state index contributed by atoms with van der Waals surface area (Å²) in [4.78, 5) is 30.2. The minimum atomic E-state index is -0.772. The summed E-state index contributed by atoms with van der Waals surface area (Å²) in [5.74, 6) is -0.452. The number of hydrogen-bond donors (Lipinski definition) is 1. The lowest BCUT2D eigenvalue weighted by Crippen LogP contribution is -2.39. The van der Waals surface area contributed by atoms with E-state index in [1.165, 1.54) is 7.11 Å². The van der Waals surface area contributed by atoms with Gasteiger partial charge in [-0.05, 0) is 18.6 Å². The van der Waals surface area contributed by atoms with Gasteiger partial charge in [-0.25, -0.2) is 0 Å². The van der Waals surface area contributed by atoms with Crippen molar-refractivity contribution in [2.24, 2.45) is 0 Å². The number of amides is 1. The zero-order valence-corrected chi connectivity index (χ0v) is 19.5. The predicted octanol–water partition coefficient (Wildman–Crippen LogP) is 2.85. The number of ether oxygens (including phenoxy) is 3. The molecule has 180 valence electrons. The van der Waals surface area contributed by atoms with E-state index < -0.39 is 17.7 Å². The number of ketones is 1. The Morgan fingerprint density at radius 2 is 1.76 bits per heavy atom. The zero-order chi connectivity index (χ0) is 24.1. The van der Waals surface area contributed by atoms with E-state index in [0.29, 0.717) is 48.8 Å². The van der Waals surface area contributed by atoms with Crippen molar-refractivity contribution >= 4 is 17.4 Å². The Morgan fingerprint density at radius 1 is 1.03 bits per heavy atom. The molecule has 0 bridgehead atoms. The smallest absolute Gasteiger partial charge is 0.295 e. The van der Waals surface area contributed by atoms with E-state index in [-0.39, 0.29) is 11.3 Å². The first-order chi connectivity index (χ1) is 16.5. The summed E-state index contributed by atoms with van der Waals surface area (Å²) in [5, 5.41) is 11.1. The van der Waals surface area contributed by atoms with E-state index in [1.54, 1.807) is 54.5 Å². The summed E-state index contributed by atoms with van der Waals surface area (Å²) >= 11 is 0. The Hall–Kier alpha value is -3.36. The molecule has 2 aliphatic heterocycles. The molecule has 0 unspecified atom stereocenters. The number of rotatable bonds is 8. The van der Waals surface area contributed by atoms with Crippen molar-refractivity contribution in [3.63, 3.8) is 0 Å². The Bertz CT molecular complexity index is 1060. The van der Waals surface area contributed by atoms with E-state index in [1.807, 2.05) is 6.07 Å². The third kappa shape index (κ3) is 4.78. The summed E-state index contributed by atoms with van der Waals surface area (Å²) < 4.78 is 16.3. The highest BCUT2D eigenvalue weighted by Crippen LogP contribution is 2.43. The average Bonchev–Trinajstić information content (AvgIpc) is 3.13. The van der Waals surface area contributed by atoms with Crippen LogP contribution in [0.5, 0.6) is 11.5 Å². The van der Waals surface area contributed by atoms with Crippen LogP contribution in [0, 0.1) is 0 Å². The lowest BCUT2D eigenvalue weighted by molar-refractivity contribution is -0.140. The molecule has 0 aliphatic carbocycles. The van der Waals surface area contributed by atoms with Crippen LogP contribution in [0.25, 0.3) is 5.76 Å². The van der Waals surface area contributed by atoms with E-state index in [0.717, 1.165) is 19.6 Å². The number of carbonyl (C=O) groups is 2. The molecule has 34 heavy (non-hydrogen) atoms. The van der Waals surface area contributed by atoms with Crippen molar-refractivity contribution < 1.29 is 28.9 Å². The maximum atomic E-state index is 13.2. The molecule has 1 N–H and O–H groups in total. The van der Waals surface area contributed by atoms with E-state index in [2.05, 4.69) is 4.90 Å². The molecule has 2 saturated heterocycles. The molecule has 2 aromatic rings. The SMILES string of the molecule is COc1ccc([C@@H]2C(=C(O)c3ccccc3)C(=O)C(=O)N2CCCN2CCOCC2)c(OC)c1. The van der Waals surface area contributed by atoms with Crippen molar-refractivity contribution in [3.05, 3.63) is 65.2 Å². The molecule has 2 aliphatic rings. The lowest BCUT2D eigenvalue weighted by atomic mass is 9.94. The minimum Gasteiger partial charge on any atom is -0.507 e. The first-order valence-electron chi connectivity index (χ1n) is 11.4. The third-order valence-corrected chi connectivity index (χ3v) is 6.30. The number of aliphatic hydroxyl groups excluding tert-OH is 1. The number of nitrogens with zero attached hydrogens (tertiary/aromatic N) is 2. The second-order valence-corrected chi connectivity index (χ2v) is 8.27. The fourth-order valence-corrected chi connectivity index (χ4v) is 4.52. The van der Waals surface area contributed by atoms with Gasteiger partial charge < -0.3 is 24.2 Å². The van der Waals surface area contributed by atoms with Crippen LogP contribution in [0.1, 0.15) is 23.6 Å². The first kappa shape index (κ1) is 23.8. The monoisotopic (exact) mass is 466 g/mol. The molecule has 0 aromatic heterocycles. The van der Waals surface area contributed by atoms with Crippen LogP contribution in [0.2, 0.25) is 0 Å². The van der Waals surface area contributed by atoms with Gasteiger partial charge in [-0.3, -0.25) is 14.5 Å². The molecule has 0 spiro atoms. The Kier molecular flexibility index (Phi) is 7.49. The molecule has 2 heterocycles. The van der Waals surface area contributed by atoms with Crippen molar-refractivity contribution in [2.45, 2.75) is 12.5 Å². The summed E-state index contributed by atoms with van der Waals surface area (Å²) in [6.07, 6.45) is 0.688. The fourth-order valence-electron chi connectivity index (χ4n) is 4.52. The number of aliphatic hydroxyl groups is 1. The highest BCUT2D eigenvalue weighted by molar-refractivity contribution is 6.46. The molecule has 1 amide bonds. The van der Waals surface area contributed by atoms with Crippen LogP contribution in [-0.2, 0) is 14.3 Å². The number of hydrogen-bond acceptors (Lipinski definition) is 7. The van der Waals surface area contributed by atoms with Crippen molar-refractivity contribution in [1.82, 2.24) is 9.80 Å². The topological polar surface area (TPSA) is 88.5 Å². The number of morpholine rings is 1. The maximum absolute atomic E-state index is 13.2. The molecule has 1 atom stereocenters.